The number of nitrogens with zero attached hydrogens (tertiary/aromatic N) is 6. The number of rotatable bonds is 30. The number of nitrogens with one attached hydrogen (secondary N) is 1. The van der Waals surface area contributed by atoms with Gasteiger partial charge in [0.25, 0.3) is 0 Å². The molecule has 56 heavy (non-hydrogen) atoms. The molecular weight excluding hydrogens is 703 g/mol. The number of benzene rings is 1. The van der Waals surface area contributed by atoms with Crippen LogP contribution in [0, 0.1) is 11.3 Å². The van der Waals surface area contributed by atoms with E-state index in [1.165, 1.54) is 44.9 Å². The number of anilines is 1. The number of para-hydroxylation sites is 1. The summed E-state index contributed by atoms with van der Waals surface area (Å²) in [5.74, 6) is 8.78. The number of hydrogen-bond acceptors (Lipinski definition) is 12. The summed E-state index contributed by atoms with van der Waals surface area (Å²) >= 11 is 0. The molecule has 0 amide bonds. The number of ether oxygens (including phenoxy) is 3. The quantitative estimate of drug-likeness (QED) is 0.0442. The zero-order chi connectivity index (χ0) is 40.6. The van der Waals surface area contributed by atoms with Gasteiger partial charge in [-0.3, -0.25) is 4.90 Å². The van der Waals surface area contributed by atoms with Crippen molar-refractivity contribution < 1.29 is 14.2 Å². The molecule has 0 aliphatic heterocycles. The maximum atomic E-state index is 6.29. The van der Waals surface area contributed by atoms with Crippen molar-refractivity contribution in [2.45, 2.75) is 111 Å². The van der Waals surface area contributed by atoms with Crippen molar-refractivity contribution in [3.63, 3.8) is 0 Å². The summed E-state index contributed by atoms with van der Waals surface area (Å²) in [4.78, 5) is 17.3. The molecule has 5 N–H and O–H groups in total. The van der Waals surface area contributed by atoms with E-state index in [0.29, 0.717) is 51.0 Å². The summed E-state index contributed by atoms with van der Waals surface area (Å²) in [6, 6.07) is 8.93. The van der Waals surface area contributed by atoms with Crippen LogP contribution in [0.5, 0.6) is 0 Å². The molecule has 320 valence electrons. The van der Waals surface area contributed by atoms with Crippen molar-refractivity contribution in [1.29, 1.82) is 0 Å². The Labute approximate surface area is 341 Å². The van der Waals surface area contributed by atoms with Crippen molar-refractivity contribution in [3.8, 4) is 0 Å². The summed E-state index contributed by atoms with van der Waals surface area (Å²) < 4.78 is 17.1. The van der Waals surface area contributed by atoms with E-state index >= 15 is 0 Å². The van der Waals surface area contributed by atoms with E-state index in [-0.39, 0.29) is 0 Å². The number of unbranched alkanes of at least 4 members (excludes halogenated alkanes) is 2. The van der Waals surface area contributed by atoms with Crippen LogP contribution >= 0.6 is 0 Å². The monoisotopic (exact) mass is 784 g/mol. The van der Waals surface area contributed by atoms with Crippen molar-refractivity contribution in [1.82, 2.24) is 29.7 Å². The first-order valence-electron chi connectivity index (χ1n) is 21.8. The molecule has 0 atom stereocenters. The van der Waals surface area contributed by atoms with Gasteiger partial charge in [-0.2, -0.15) is 0 Å². The molecular formula is C44H81N9O3. The van der Waals surface area contributed by atoms with Crippen LogP contribution in [0.25, 0.3) is 10.9 Å². The second-order valence-corrected chi connectivity index (χ2v) is 16.9. The highest BCUT2D eigenvalue weighted by atomic mass is 16.5. The highest BCUT2D eigenvalue weighted by molar-refractivity contribution is 5.88. The SMILES string of the molecule is CCCCCN(CC)CCOCCOCCOCCN(N)/C=C(\N)CCCN(C)CCCNc1nc(CN(C)C2CCC(C(C)(C)C)CC2)nc2ccccc12. The normalized spacial score (nSPS) is 16.8. The van der Waals surface area contributed by atoms with Crippen LogP contribution in [0.3, 0.4) is 0 Å². The second-order valence-electron chi connectivity index (χ2n) is 16.9. The first-order valence-corrected chi connectivity index (χ1v) is 21.8. The fourth-order valence-corrected chi connectivity index (χ4v) is 7.55. The van der Waals surface area contributed by atoms with Gasteiger partial charge in [-0.15, -0.1) is 0 Å². The number of hydrazine groups is 1. The topological polar surface area (TPSA) is 130 Å². The lowest BCUT2D eigenvalue weighted by molar-refractivity contribution is 0.00868. The van der Waals surface area contributed by atoms with Crippen molar-refractivity contribution in [2.24, 2.45) is 22.9 Å². The standard InChI is InChI=1S/C44H81N9O3/c1-8-10-13-26-52(9-2)27-29-54-31-33-56-34-32-55-30-28-53(46)35-38(45)16-14-24-50(6)25-15-23-47-43-40-17-11-12-18-41(40)48-42(49-43)36-51(7)39-21-19-37(20-22-39)44(3,4)5/h11-12,17-18,35,37,39H,8-10,13-16,19-34,36,45-46H2,1-7H3,(H,47,48,49)/b38-35-. The Kier molecular flexibility index (Phi) is 23.2. The number of fused-ring (bicyclic) bond motifs is 1. The molecule has 0 bridgehead atoms. The Morgan fingerprint density at radius 1 is 0.821 bits per heavy atom. The van der Waals surface area contributed by atoms with Crippen molar-refractivity contribution in [2.75, 3.05) is 105 Å². The number of nitrogens with two attached hydrogens (primary N) is 2. The van der Waals surface area contributed by atoms with Crippen LogP contribution in [0.15, 0.2) is 36.2 Å². The third-order valence-electron chi connectivity index (χ3n) is 11.2. The molecule has 1 aliphatic rings. The Morgan fingerprint density at radius 2 is 1.48 bits per heavy atom. The van der Waals surface area contributed by atoms with Crippen molar-refractivity contribution in [3.05, 3.63) is 42.0 Å². The Balaban J connectivity index is 1.24. The van der Waals surface area contributed by atoms with Gasteiger partial charge in [0, 0.05) is 36.4 Å². The molecule has 1 heterocycles. The maximum Gasteiger partial charge on any atom is 0.145 e. The van der Waals surface area contributed by atoms with Gasteiger partial charge in [-0.25, -0.2) is 15.8 Å². The molecule has 1 aromatic heterocycles. The number of likely N-dealkylation sites (N-methyl/N-ethyl adjacent to an activating group) is 1. The van der Waals surface area contributed by atoms with E-state index < -0.39 is 0 Å². The van der Waals surface area contributed by atoms with Crippen LogP contribution in [-0.4, -0.2) is 135 Å². The summed E-state index contributed by atoms with van der Waals surface area (Å²) in [6.45, 7) is 22.5. The van der Waals surface area contributed by atoms with E-state index in [1.54, 1.807) is 5.01 Å². The van der Waals surface area contributed by atoms with Gasteiger partial charge < -0.3 is 40.1 Å². The molecule has 1 fully saturated rings. The number of aromatic nitrogens is 2. The van der Waals surface area contributed by atoms with E-state index in [9.17, 15) is 0 Å². The third kappa shape index (κ3) is 19.2. The second kappa shape index (κ2) is 27.2. The van der Waals surface area contributed by atoms with Crippen LogP contribution in [-0.2, 0) is 20.8 Å². The molecule has 1 aromatic carbocycles. The van der Waals surface area contributed by atoms with E-state index in [2.05, 4.69) is 93.0 Å². The first-order chi connectivity index (χ1) is 27.0. The predicted octanol–water partition coefficient (Wildman–Crippen LogP) is 6.72. The van der Waals surface area contributed by atoms with E-state index in [1.807, 2.05) is 6.20 Å². The summed E-state index contributed by atoms with van der Waals surface area (Å²) in [6.07, 6.45) is 13.5. The molecule has 1 saturated carbocycles. The summed E-state index contributed by atoms with van der Waals surface area (Å²) in [7, 11) is 4.41. The molecule has 0 radical (unpaired) electrons. The Bertz CT molecular complexity index is 1350. The van der Waals surface area contributed by atoms with Crippen LogP contribution in [0.4, 0.5) is 5.82 Å². The van der Waals surface area contributed by atoms with Gasteiger partial charge >= 0.3 is 0 Å². The van der Waals surface area contributed by atoms with Crippen molar-refractivity contribution >= 4 is 16.7 Å². The highest BCUT2D eigenvalue weighted by Crippen LogP contribution is 2.39. The fraction of sp³-hybridized carbons (Fsp3) is 0.773. The molecule has 12 nitrogen and oxygen atoms in total. The zero-order valence-electron chi connectivity index (χ0n) is 36.6. The highest BCUT2D eigenvalue weighted by Gasteiger charge is 2.31. The number of hydrogen-bond donors (Lipinski definition) is 3. The molecule has 3 rings (SSSR count). The minimum Gasteiger partial charge on any atom is -0.401 e. The summed E-state index contributed by atoms with van der Waals surface area (Å²) in [5.41, 5.74) is 8.47. The molecule has 0 unspecified atom stereocenters. The lowest BCUT2D eigenvalue weighted by atomic mass is 9.71. The van der Waals surface area contributed by atoms with Gasteiger partial charge in [-0.1, -0.05) is 59.6 Å². The maximum absolute atomic E-state index is 6.29. The summed E-state index contributed by atoms with van der Waals surface area (Å²) in [5, 5.41) is 6.33. The van der Waals surface area contributed by atoms with Gasteiger partial charge in [0.1, 0.15) is 11.6 Å². The molecule has 0 spiro atoms. The average Bonchev–Trinajstić information content (AvgIpc) is 3.17. The third-order valence-corrected chi connectivity index (χ3v) is 11.2. The van der Waals surface area contributed by atoms with E-state index in [4.69, 9.17) is 35.8 Å². The van der Waals surface area contributed by atoms with Gasteiger partial charge in [0.05, 0.1) is 58.2 Å². The van der Waals surface area contributed by atoms with Gasteiger partial charge in [0.2, 0.25) is 0 Å². The van der Waals surface area contributed by atoms with Crippen LogP contribution in [0.2, 0.25) is 0 Å². The molecule has 1 aliphatic carbocycles. The van der Waals surface area contributed by atoms with Crippen LogP contribution < -0.4 is 16.9 Å². The van der Waals surface area contributed by atoms with Gasteiger partial charge in [-0.05, 0) is 115 Å². The number of allylic oxidation sites excluding steroid dienone is 1. The van der Waals surface area contributed by atoms with Gasteiger partial charge in [0.15, 0.2) is 0 Å². The Hall–Kier alpha value is -2.58. The molecule has 12 heteroatoms. The first kappa shape index (κ1) is 47.8. The fourth-order valence-electron chi connectivity index (χ4n) is 7.55. The predicted molar refractivity (Wildman–Crippen MR) is 233 cm³/mol. The largest absolute Gasteiger partial charge is 0.401 e. The molecule has 2 aromatic rings. The van der Waals surface area contributed by atoms with E-state index in [0.717, 1.165) is 106 Å². The lowest BCUT2D eigenvalue weighted by Gasteiger charge is -2.39. The Morgan fingerprint density at radius 3 is 2.16 bits per heavy atom. The molecule has 0 saturated heterocycles. The zero-order valence-corrected chi connectivity index (χ0v) is 36.6. The van der Waals surface area contributed by atoms with Crippen LogP contribution in [0.1, 0.15) is 105 Å². The lowest BCUT2D eigenvalue weighted by Crippen LogP contribution is -2.37. The smallest absolute Gasteiger partial charge is 0.145 e. The minimum atomic E-state index is 0.397. The average molecular weight is 784 g/mol. The minimum absolute atomic E-state index is 0.397.